The average molecular weight is 222 g/mol. The second-order valence-electron chi connectivity index (χ2n) is 5.13. The largest absolute Gasteiger partial charge is 0.508 e. The first-order valence-corrected chi connectivity index (χ1v) is 5.56. The standard InChI is InChI=1S/C13H22N2O/c1-13(2,14)11-9-10(5-6-12(11)16)7-8-15(3)4/h5-6,9,16H,7-8,14H2,1-4H3. The summed E-state index contributed by atoms with van der Waals surface area (Å²) in [6, 6.07) is 5.68. The molecule has 3 heteroatoms. The van der Waals surface area contributed by atoms with Crippen LogP contribution in [0.1, 0.15) is 25.0 Å². The topological polar surface area (TPSA) is 49.5 Å². The van der Waals surface area contributed by atoms with Crippen LogP contribution in [0.2, 0.25) is 0 Å². The van der Waals surface area contributed by atoms with E-state index in [1.807, 2.05) is 40.1 Å². The van der Waals surface area contributed by atoms with E-state index < -0.39 is 5.54 Å². The van der Waals surface area contributed by atoms with Gasteiger partial charge in [-0.05, 0) is 46.0 Å². The number of rotatable bonds is 4. The van der Waals surface area contributed by atoms with Crippen molar-refractivity contribution >= 4 is 0 Å². The summed E-state index contributed by atoms with van der Waals surface area (Å²) in [6.45, 7) is 4.80. The van der Waals surface area contributed by atoms with Crippen molar-refractivity contribution in [2.24, 2.45) is 5.73 Å². The lowest BCUT2D eigenvalue weighted by Gasteiger charge is -2.21. The maximum atomic E-state index is 9.76. The van der Waals surface area contributed by atoms with Gasteiger partial charge >= 0.3 is 0 Å². The highest BCUT2D eigenvalue weighted by Crippen LogP contribution is 2.27. The Morgan fingerprint density at radius 1 is 1.31 bits per heavy atom. The molecule has 0 aliphatic rings. The second-order valence-corrected chi connectivity index (χ2v) is 5.13. The van der Waals surface area contributed by atoms with Gasteiger partial charge < -0.3 is 15.7 Å². The van der Waals surface area contributed by atoms with Crippen LogP contribution in [-0.2, 0) is 12.0 Å². The van der Waals surface area contributed by atoms with Crippen LogP contribution in [-0.4, -0.2) is 30.6 Å². The lowest BCUT2D eigenvalue weighted by atomic mass is 9.92. The first-order valence-electron chi connectivity index (χ1n) is 5.56. The minimum atomic E-state index is -0.502. The number of nitrogens with two attached hydrogens (primary N) is 1. The summed E-state index contributed by atoms with van der Waals surface area (Å²) in [6.07, 6.45) is 0.969. The van der Waals surface area contributed by atoms with Crippen molar-refractivity contribution in [3.63, 3.8) is 0 Å². The van der Waals surface area contributed by atoms with Gasteiger partial charge in [-0.25, -0.2) is 0 Å². The lowest BCUT2D eigenvalue weighted by molar-refractivity contribution is 0.412. The SMILES string of the molecule is CN(C)CCc1ccc(O)c(C(C)(C)N)c1. The van der Waals surface area contributed by atoms with E-state index in [-0.39, 0.29) is 5.75 Å². The Morgan fingerprint density at radius 2 is 1.94 bits per heavy atom. The molecular formula is C13H22N2O. The molecule has 0 saturated heterocycles. The number of hydrogen-bond donors (Lipinski definition) is 2. The van der Waals surface area contributed by atoms with Gasteiger partial charge in [-0.1, -0.05) is 12.1 Å². The van der Waals surface area contributed by atoms with Gasteiger partial charge in [0.15, 0.2) is 0 Å². The Kier molecular flexibility index (Phi) is 3.94. The molecule has 3 nitrogen and oxygen atoms in total. The summed E-state index contributed by atoms with van der Waals surface area (Å²) in [5.41, 5.74) is 7.53. The molecule has 0 atom stereocenters. The Morgan fingerprint density at radius 3 is 2.44 bits per heavy atom. The summed E-state index contributed by atoms with van der Waals surface area (Å²) < 4.78 is 0. The van der Waals surface area contributed by atoms with Crippen molar-refractivity contribution < 1.29 is 5.11 Å². The van der Waals surface area contributed by atoms with Gasteiger partial charge in [0, 0.05) is 17.6 Å². The Hall–Kier alpha value is -1.06. The molecule has 0 spiro atoms. The van der Waals surface area contributed by atoms with Crippen molar-refractivity contribution in [1.29, 1.82) is 0 Å². The van der Waals surface area contributed by atoms with Crippen LogP contribution in [0.5, 0.6) is 5.75 Å². The highest BCUT2D eigenvalue weighted by molar-refractivity contribution is 5.40. The van der Waals surface area contributed by atoms with Gasteiger partial charge in [0.25, 0.3) is 0 Å². The second kappa shape index (κ2) is 4.85. The van der Waals surface area contributed by atoms with E-state index in [2.05, 4.69) is 4.90 Å². The molecule has 1 aromatic carbocycles. The van der Waals surface area contributed by atoms with Crippen LogP contribution in [0.3, 0.4) is 0 Å². The lowest BCUT2D eigenvalue weighted by Crippen LogP contribution is -2.29. The number of hydrogen-bond acceptors (Lipinski definition) is 3. The average Bonchev–Trinajstić information content (AvgIpc) is 2.14. The van der Waals surface area contributed by atoms with Crippen LogP contribution in [0.4, 0.5) is 0 Å². The fraction of sp³-hybridized carbons (Fsp3) is 0.538. The maximum absolute atomic E-state index is 9.76. The molecule has 0 heterocycles. The third-order valence-corrected chi connectivity index (χ3v) is 2.60. The minimum absolute atomic E-state index is 0.279. The van der Waals surface area contributed by atoms with Gasteiger partial charge in [0.05, 0.1) is 0 Å². The Labute approximate surface area is 97.9 Å². The molecule has 1 aromatic rings. The molecule has 0 amide bonds. The first kappa shape index (κ1) is 13.0. The monoisotopic (exact) mass is 222 g/mol. The van der Waals surface area contributed by atoms with Crippen molar-refractivity contribution in [1.82, 2.24) is 4.90 Å². The zero-order valence-corrected chi connectivity index (χ0v) is 10.6. The van der Waals surface area contributed by atoms with Gasteiger partial charge in [-0.2, -0.15) is 0 Å². The third kappa shape index (κ3) is 3.51. The summed E-state index contributed by atoms with van der Waals surface area (Å²) >= 11 is 0. The number of nitrogens with zero attached hydrogens (tertiary/aromatic N) is 1. The highest BCUT2D eigenvalue weighted by atomic mass is 16.3. The van der Waals surface area contributed by atoms with Crippen LogP contribution in [0.15, 0.2) is 18.2 Å². The first-order chi connectivity index (χ1) is 7.30. The summed E-state index contributed by atoms with van der Waals surface area (Å²) in [5, 5.41) is 9.76. The summed E-state index contributed by atoms with van der Waals surface area (Å²) in [5.74, 6) is 0.279. The molecule has 0 saturated carbocycles. The molecule has 0 radical (unpaired) electrons. The van der Waals surface area contributed by atoms with Crippen LogP contribution in [0, 0.1) is 0 Å². The van der Waals surface area contributed by atoms with Gasteiger partial charge in [-0.3, -0.25) is 0 Å². The predicted octanol–water partition coefficient (Wildman–Crippen LogP) is 1.69. The van der Waals surface area contributed by atoms with Crippen LogP contribution < -0.4 is 5.73 Å². The molecule has 0 aliphatic carbocycles. The fourth-order valence-electron chi connectivity index (χ4n) is 1.61. The van der Waals surface area contributed by atoms with E-state index in [0.29, 0.717) is 0 Å². The summed E-state index contributed by atoms with van der Waals surface area (Å²) in [7, 11) is 4.10. The van der Waals surface area contributed by atoms with Gasteiger partial charge in [0.1, 0.15) is 5.75 Å². The predicted molar refractivity (Wildman–Crippen MR) is 67.6 cm³/mol. The van der Waals surface area contributed by atoms with E-state index in [1.165, 1.54) is 5.56 Å². The summed E-state index contributed by atoms with van der Waals surface area (Å²) in [4.78, 5) is 2.14. The molecule has 0 aromatic heterocycles. The van der Waals surface area contributed by atoms with E-state index >= 15 is 0 Å². The number of benzene rings is 1. The van der Waals surface area contributed by atoms with Gasteiger partial charge in [-0.15, -0.1) is 0 Å². The fourth-order valence-corrected chi connectivity index (χ4v) is 1.61. The molecule has 0 aliphatic heterocycles. The molecule has 0 fully saturated rings. The van der Waals surface area contributed by atoms with E-state index in [0.717, 1.165) is 18.5 Å². The van der Waals surface area contributed by atoms with E-state index in [9.17, 15) is 5.11 Å². The smallest absolute Gasteiger partial charge is 0.120 e. The van der Waals surface area contributed by atoms with Crippen molar-refractivity contribution in [3.05, 3.63) is 29.3 Å². The van der Waals surface area contributed by atoms with Crippen molar-refractivity contribution in [2.45, 2.75) is 25.8 Å². The zero-order valence-electron chi connectivity index (χ0n) is 10.6. The molecule has 0 bridgehead atoms. The van der Waals surface area contributed by atoms with Crippen molar-refractivity contribution in [2.75, 3.05) is 20.6 Å². The van der Waals surface area contributed by atoms with E-state index in [1.54, 1.807) is 6.07 Å². The third-order valence-electron chi connectivity index (χ3n) is 2.60. The normalized spacial score (nSPS) is 12.1. The molecular weight excluding hydrogens is 200 g/mol. The highest BCUT2D eigenvalue weighted by Gasteiger charge is 2.18. The molecule has 3 N–H and O–H groups in total. The van der Waals surface area contributed by atoms with Crippen LogP contribution >= 0.6 is 0 Å². The Bertz CT molecular complexity index is 353. The van der Waals surface area contributed by atoms with Crippen LogP contribution in [0.25, 0.3) is 0 Å². The molecule has 0 unspecified atom stereocenters. The van der Waals surface area contributed by atoms with Gasteiger partial charge in [0.2, 0.25) is 0 Å². The van der Waals surface area contributed by atoms with Crippen molar-refractivity contribution in [3.8, 4) is 5.75 Å². The van der Waals surface area contributed by atoms with E-state index in [4.69, 9.17) is 5.73 Å². The Balaban J connectivity index is 2.90. The molecule has 16 heavy (non-hydrogen) atoms. The molecule has 90 valence electrons. The number of likely N-dealkylation sites (N-methyl/N-ethyl adjacent to an activating group) is 1. The quantitative estimate of drug-likeness (QED) is 0.815. The number of phenolic OH excluding ortho intramolecular Hbond substituents is 1. The minimum Gasteiger partial charge on any atom is -0.508 e. The maximum Gasteiger partial charge on any atom is 0.120 e. The number of aromatic hydroxyl groups is 1. The number of phenols is 1. The zero-order chi connectivity index (χ0) is 12.3. The molecule has 1 rings (SSSR count).